The van der Waals surface area contributed by atoms with Gasteiger partial charge in [0.2, 0.25) is 0 Å². The number of aliphatic hydroxyl groups is 1. The van der Waals surface area contributed by atoms with Crippen molar-refractivity contribution < 1.29 is 9.90 Å². The normalized spacial score (nSPS) is 19.0. The van der Waals surface area contributed by atoms with E-state index in [1.165, 1.54) is 24.8 Å². The molecule has 1 saturated carbocycles. The zero-order valence-electron chi connectivity index (χ0n) is 18.4. The van der Waals surface area contributed by atoms with E-state index in [2.05, 4.69) is 28.8 Å². The van der Waals surface area contributed by atoms with Crippen molar-refractivity contribution in [1.29, 1.82) is 0 Å². The van der Waals surface area contributed by atoms with Crippen molar-refractivity contribution in [3.8, 4) is 0 Å². The van der Waals surface area contributed by atoms with Crippen molar-refractivity contribution in [1.82, 2.24) is 9.88 Å². The number of hydrogen-bond donors (Lipinski definition) is 2. The number of nitrogens with one attached hydrogen (secondary N) is 1. The molecular weight excluding hydrogens is 418 g/mol. The van der Waals surface area contributed by atoms with Crippen LogP contribution >= 0.6 is 11.9 Å². The van der Waals surface area contributed by atoms with Crippen LogP contribution in [0.25, 0.3) is 10.9 Å². The molecule has 0 radical (unpaired) electrons. The van der Waals surface area contributed by atoms with Gasteiger partial charge in [-0.1, -0.05) is 25.1 Å². The predicted molar refractivity (Wildman–Crippen MR) is 130 cm³/mol. The fraction of sp³-hybridized carbons (Fsp3) is 0.385. The Labute approximate surface area is 193 Å². The molecule has 0 bridgehead atoms. The Balaban J connectivity index is 1.18. The molecule has 2 fully saturated rings. The van der Waals surface area contributed by atoms with Crippen LogP contribution in [-0.4, -0.2) is 39.6 Å². The number of amides is 1. The summed E-state index contributed by atoms with van der Waals surface area (Å²) in [6, 6.07) is 17.8. The van der Waals surface area contributed by atoms with Gasteiger partial charge in [0, 0.05) is 35.9 Å². The molecule has 5 nitrogen and oxygen atoms in total. The predicted octanol–water partition coefficient (Wildman–Crippen LogP) is 5.51. The van der Waals surface area contributed by atoms with Gasteiger partial charge in [0.25, 0.3) is 5.91 Å². The van der Waals surface area contributed by atoms with E-state index < -0.39 is 5.60 Å². The molecule has 2 heterocycles. The molecule has 1 saturated heterocycles. The van der Waals surface area contributed by atoms with E-state index in [1.54, 1.807) is 6.20 Å². The summed E-state index contributed by atoms with van der Waals surface area (Å²) >= 11 is 1.52. The Morgan fingerprint density at radius 1 is 1.06 bits per heavy atom. The van der Waals surface area contributed by atoms with Crippen LogP contribution in [0.3, 0.4) is 0 Å². The Morgan fingerprint density at radius 3 is 2.50 bits per heavy atom. The molecule has 2 aliphatic rings. The van der Waals surface area contributed by atoms with E-state index in [0.717, 1.165) is 27.9 Å². The van der Waals surface area contributed by atoms with Crippen LogP contribution in [0, 0.1) is 5.41 Å². The second-order valence-corrected chi connectivity index (χ2v) is 10.5. The van der Waals surface area contributed by atoms with Gasteiger partial charge in [-0.25, -0.2) is 0 Å². The van der Waals surface area contributed by atoms with E-state index in [4.69, 9.17) is 0 Å². The van der Waals surface area contributed by atoms with Gasteiger partial charge in [-0.3, -0.25) is 9.78 Å². The molecule has 5 rings (SSSR count). The van der Waals surface area contributed by atoms with Crippen molar-refractivity contribution in [2.24, 2.45) is 5.41 Å². The van der Waals surface area contributed by atoms with Crippen LogP contribution in [0.2, 0.25) is 0 Å². The summed E-state index contributed by atoms with van der Waals surface area (Å²) in [5.74, 6) is 0.0436. The molecule has 2 aromatic carbocycles. The first-order valence-electron chi connectivity index (χ1n) is 11.3. The molecule has 1 amide bonds. The minimum atomic E-state index is -0.608. The number of fused-ring (bicyclic) bond motifs is 1. The van der Waals surface area contributed by atoms with Crippen LogP contribution in [0.15, 0.2) is 65.7 Å². The number of nitrogens with zero attached hydrogens (tertiary/aromatic N) is 2. The van der Waals surface area contributed by atoms with E-state index in [9.17, 15) is 9.90 Å². The zero-order valence-corrected chi connectivity index (χ0v) is 19.2. The van der Waals surface area contributed by atoms with Gasteiger partial charge in [-0.05, 0) is 85.9 Å². The number of pyridine rings is 1. The maximum atomic E-state index is 13.0. The Bertz CT molecular complexity index is 1110. The highest BCUT2D eigenvalue weighted by molar-refractivity contribution is 8.00. The lowest BCUT2D eigenvalue weighted by molar-refractivity contribution is -0.0355. The summed E-state index contributed by atoms with van der Waals surface area (Å²) in [6.07, 6.45) is 6.45. The number of aromatic nitrogens is 1. The molecule has 1 aliphatic carbocycles. The number of hydrogen-bond acceptors (Lipinski definition) is 5. The zero-order chi connectivity index (χ0) is 22.2. The first kappa shape index (κ1) is 21.3. The number of likely N-dealkylation sites (tertiary alicyclic amines) is 1. The van der Waals surface area contributed by atoms with Gasteiger partial charge in [-0.15, -0.1) is 0 Å². The summed E-state index contributed by atoms with van der Waals surface area (Å²) in [5, 5.41) is 12.0. The molecule has 1 aromatic heterocycles. The SMILES string of the molecule is CC1(CC2(O)CCN(C(=O)c3ccc(NSc4cccc5cccnc45)cc3)CC2)CC1. The third kappa shape index (κ3) is 4.62. The van der Waals surface area contributed by atoms with Crippen LogP contribution < -0.4 is 4.72 Å². The minimum absolute atomic E-state index is 0.0436. The number of anilines is 1. The molecule has 1 aliphatic heterocycles. The molecule has 0 spiro atoms. The highest BCUT2D eigenvalue weighted by atomic mass is 32.2. The number of benzene rings is 2. The Kier molecular flexibility index (Phi) is 5.59. The summed E-state index contributed by atoms with van der Waals surface area (Å²) in [5.41, 5.74) is 2.31. The molecule has 6 heteroatoms. The summed E-state index contributed by atoms with van der Waals surface area (Å²) in [6.45, 7) is 3.50. The summed E-state index contributed by atoms with van der Waals surface area (Å²) in [4.78, 5) is 20.4. The number of para-hydroxylation sites is 1. The molecule has 32 heavy (non-hydrogen) atoms. The number of piperidine rings is 1. The monoisotopic (exact) mass is 447 g/mol. The molecule has 0 unspecified atom stereocenters. The lowest BCUT2D eigenvalue weighted by atomic mass is 9.82. The highest BCUT2D eigenvalue weighted by Gasteiger charge is 2.46. The smallest absolute Gasteiger partial charge is 0.253 e. The van der Waals surface area contributed by atoms with Crippen LogP contribution in [0.1, 0.15) is 49.4 Å². The fourth-order valence-corrected chi connectivity index (χ4v) is 5.40. The van der Waals surface area contributed by atoms with Crippen LogP contribution in [-0.2, 0) is 0 Å². The summed E-state index contributed by atoms with van der Waals surface area (Å²) in [7, 11) is 0. The molecule has 166 valence electrons. The van der Waals surface area contributed by atoms with Gasteiger partial charge in [0.15, 0.2) is 0 Å². The average Bonchev–Trinajstić information content (AvgIpc) is 3.53. The number of carbonyl (C=O) groups excluding carboxylic acids is 1. The van der Waals surface area contributed by atoms with Crippen molar-refractivity contribution in [3.05, 3.63) is 66.4 Å². The second-order valence-electron chi connectivity index (χ2n) is 9.62. The highest BCUT2D eigenvalue weighted by Crippen LogP contribution is 2.52. The first-order valence-corrected chi connectivity index (χ1v) is 12.1. The Hall–Kier alpha value is -2.57. The lowest BCUT2D eigenvalue weighted by Crippen LogP contribution is -2.47. The maximum absolute atomic E-state index is 13.0. The topological polar surface area (TPSA) is 65.5 Å². The van der Waals surface area contributed by atoms with Gasteiger partial charge in [0.05, 0.1) is 16.0 Å². The van der Waals surface area contributed by atoms with Gasteiger partial charge < -0.3 is 14.7 Å². The third-order valence-corrected chi connectivity index (χ3v) is 7.73. The maximum Gasteiger partial charge on any atom is 0.253 e. The molecule has 0 atom stereocenters. The molecular formula is C26H29N3O2S. The standard InChI is InChI=1S/C26H29N3O2S/c1-25(11-12-25)18-26(31)13-16-29(17-14-26)24(30)20-7-9-21(10-8-20)28-32-22-6-2-4-19-5-3-15-27-23(19)22/h2-10,15,28,31H,11-14,16-18H2,1H3. The van der Waals surface area contributed by atoms with E-state index in [-0.39, 0.29) is 5.91 Å². The molecule has 2 N–H and O–H groups in total. The van der Waals surface area contributed by atoms with Crippen LogP contribution in [0.5, 0.6) is 0 Å². The van der Waals surface area contributed by atoms with Gasteiger partial charge >= 0.3 is 0 Å². The largest absolute Gasteiger partial charge is 0.390 e. The number of carbonyl (C=O) groups is 1. The average molecular weight is 448 g/mol. The van der Waals surface area contributed by atoms with Gasteiger partial charge in [-0.2, -0.15) is 0 Å². The summed E-state index contributed by atoms with van der Waals surface area (Å²) < 4.78 is 3.36. The van der Waals surface area contributed by atoms with Crippen molar-refractivity contribution in [3.63, 3.8) is 0 Å². The second kappa shape index (κ2) is 8.41. The lowest BCUT2D eigenvalue weighted by Gasteiger charge is -2.39. The van der Waals surface area contributed by atoms with E-state index in [0.29, 0.717) is 36.9 Å². The minimum Gasteiger partial charge on any atom is -0.390 e. The van der Waals surface area contributed by atoms with Crippen molar-refractivity contribution in [2.75, 3.05) is 17.8 Å². The Morgan fingerprint density at radius 2 is 1.78 bits per heavy atom. The van der Waals surface area contributed by atoms with Gasteiger partial charge in [0.1, 0.15) is 0 Å². The number of rotatable bonds is 6. The quantitative estimate of drug-likeness (QED) is 0.488. The third-order valence-electron chi connectivity index (χ3n) is 6.85. The fourth-order valence-electron chi connectivity index (χ4n) is 4.62. The van der Waals surface area contributed by atoms with Crippen LogP contribution in [0.4, 0.5) is 5.69 Å². The first-order chi connectivity index (χ1) is 15.4. The van der Waals surface area contributed by atoms with Crippen molar-refractivity contribution in [2.45, 2.75) is 49.5 Å². The van der Waals surface area contributed by atoms with Crippen molar-refractivity contribution >= 4 is 34.4 Å². The molecule has 3 aromatic rings. The van der Waals surface area contributed by atoms with E-state index >= 15 is 0 Å². The van der Waals surface area contributed by atoms with E-state index in [1.807, 2.05) is 47.4 Å².